The van der Waals surface area contributed by atoms with Gasteiger partial charge < -0.3 is 4.90 Å². The molecule has 0 fully saturated rings. The molecular weight excluding hydrogens is 260 g/mol. The standard InChI is InChI=1S/C12H22N6O2/c1-6-17(7-2)11-9(18(19)20)10(13-8-14-11)15-16-12(3,4)5/h8,16H,6-7H2,1-5H3,(H,13,14,15). The minimum absolute atomic E-state index is 0.118. The molecule has 1 rings (SSSR count). The highest BCUT2D eigenvalue weighted by Crippen LogP contribution is 2.31. The van der Waals surface area contributed by atoms with Crippen LogP contribution in [0, 0.1) is 10.1 Å². The number of aromatic nitrogens is 2. The summed E-state index contributed by atoms with van der Waals surface area (Å²) in [5.41, 5.74) is 5.42. The molecule has 0 aromatic carbocycles. The lowest BCUT2D eigenvalue weighted by Gasteiger charge is -2.23. The summed E-state index contributed by atoms with van der Waals surface area (Å²) in [6, 6.07) is 0. The first-order valence-corrected chi connectivity index (χ1v) is 6.57. The van der Waals surface area contributed by atoms with Crippen LogP contribution in [0.1, 0.15) is 34.6 Å². The molecule has 0 saturated heterocycles. The number of hydrazine groups is 1. The number of nitro groups is 1. The van der Waals surface area contributed by atoms with E-state index < -0.39 is 4.92 Å². The van der Waals surface area contributed by atoms with Crippen molar-refractivity contribution in [1.29, 1.82) is 0 Å². The maximum atomic E-state index is 11.3. The Morgan fingerprint density at radius 1 is 1.30 bits per heavy atom. The molecule has 0 bridgehead atoms. The molecule has 0 radical (unpaired) electrons. The van der Waals surface area contributed by atoms with Gasteiger partial charge in [-0.3, -0.25) is 15.5 Å². The van der Waals surface area contributed by atoms with Crippen LogP contribution in [-0.2, 0) is 0 Å². The van der Waals surface area contributed by atoms with E-state index in [-0.39, 0.29) is 17.0 Å². The lowest BCUT2D eigenvalue weighted by molar-refractivity contribution is -0.383. The van der Waals surface area contributed by atoms with E-state index in [1.165, 1.54) is 6.33 Å². The summed E-state index contributed by atoms with van der Waals surface area (Å²) in [7, 11) is 0. The maximum absolute atomic E-state index is 11.3. The summed E-state index contributed by atoms with van der Waals surface area (Å²) in [6.07, 6.45) is 1.33. The van der Waals surface area contributed by atoms with Gasteiger partial charge in [-0.2, -0.15) is 0 Å². The molecule has 1 heterocycles. The van der Waals surface area contributed by atoms with Crippen molar-refractivity contribution in [2.24, 2.45) is 0 Å². The first-order valence-electron chi connectivity index (χ1n) is 6.57. The van der Waals surface area contributed by atoms with E-state index in [0.717, 1.165) is 0 Å². The van der Waals surface area contributed by atoms with E-state index in [4.69, 9.17) is 0 Å². The predicted octanol–water partition coefficient (Wildman–Crippen LogP) is 1.95. The maximum Gasteiger partial charge on any atom is 0.354 e. The molecule has 0 spiro atoms. The Balaban J connectivity index is 3.18. The molecule has 0 aliphatic carbocycles. The van der Waals surface area contributed by atoms with Gasteiger partial charge in [-0.15, -0.1) is 0 Å². The monoisotopic (exact) mass is 282 g/mol. The van der Waals surface area contributed by atoms with E-state index >= 15 is 0 Å². The average Bonchev–Trinajstić information content (AvgIpc) is 2.36. The second-order valence-corrected chi connectivity index (χ2v) is 5.32. The molecule has 0 atom stereocenters. The number of anilines is 2. The van der Waals surface area contributed by atoms with Crippen molar-refractivity contribution >= 4 is 17.3 Å². The average molecular weight is 282 g/mol. The van der Waals surface area contributed by atoms with Gasteiger partial charge in [0.05, 0.1) is 4.92 Å². The second-order valence-electron chi connectivity index (χ2n) is 5.32. The number of hydrogen-bond donors (Lipinski definition) is 2. The van der Waals surface area contributed by atoms with E-state index in [9.17, 15) is 10.1 Å². The van der Waals surface area contributed by atoms with Gasteiger partial charge in [0, 0.05) is 18.6 Å². The molecule has 1 aromatic heterocycles. The first-order chi connectivity index (χ1) is 9.30. The highest BCUT2D eigenvalue weighted by Gasteiger charge is 2.26. The van der Waals surface area contributed by atoms with Gasteiger partial charge >= 0.3 is 5.69 Å². The molecule has 8 nitrogen and oxygen atoms in total. The normalized spacial score (nSPS) is 11.2. The molecule has 0 aliphatic rings. The summed E-state index contributed by atoms with van der Waals surface area (Å²) >= 11 is 0. The molecule has 112 valence electrons. The van der Waals surface area contributed by atoms with Crippen molar-refractivity contribution in [3.63, 3.8) is 0 Å². The molecule has 20 heavy (non-hydrogen) atoms. The summed E-state index contributed by atoms with van der Waals surface area (Å²) in [6.45, 7) is 11.0. The van der Waals surface area contributed by atoms with Gasteiger partial charge in [0.15, 0.2) is 0 Å². The zero-order valence-corrected chi connectivity index (χ0v) is 12.6. The van der Waals surface area contributed by atoms with Crippen molar-refractivity contribution in [2.45, 2.75) is 40.2 Å². The molecule has 0 aliphatic heterocycles. The number of hydrogen-bond acceptors (Lipinski definition) is 7. The SMILES string of the molecule is CCN(CC)c1ncnc(NNC(C)(C)C)c1[N+](=O)[O-]. The fourth-order valence-corrected chi connectivity index (χ4v) is 1.63. The third-order valence-electron chi connectivity index (χ3n) is 2.60. The van der Waals surface area contributed by atoms with Gasteiger partial charge in [0.2, 0.25) is 11.6 Å². The fourth-order valence-electron chi connectivity index (χ4n) is 1.63. The molecule has 1 aromatic rings. The summed E-state index contributed by atoms with van der Waals surface area (Å²) in [4.78, 5) is 20.7. The molecular formula is C12H22N6O2. The zero-order chi connectivity index (χ0) is 15.3. The van der Waals surface area contributed by atoms with Crippen LogP contribution < -0.4 is 15.8 Å². The Morgan fingerprint density at radius 3 is 2.35 bits per heavy atom. The Labute approximate surface area is 118 Å². The van der Waals surface area contributed by atoms with E-state index in [1.807, 2.05) is 39.5 Å². The van der Waals surface area contributed by atoms with Crippen molar-refractivity contribution < 1.29 is 4.92 Å². The molecule has 0 saturated carbocycles. The largest absolute Gasteiger partial charge is 0.354 e. The predicted molar refractivity (Wildman–Crippen MR) is 78.8 cm³/mol. The van der Waals surface area contributed by atoms with Crippen molar-refractivity contribution in [2.75, 3.05) is 23.4 Å². The van der Waals surface area contributed by atoms with Gasteiger partial charge in [0.25, 0.3) is 0 Å². The molecule has 0 unspecified atom stereocenters. The zero-order valence-electron chi connectivity index (χ0n) is 12.6. The van der Waals surface area contributed by atoms with Crippen molar-refractivity contribution in [3.8, 4) is 0 Å². The van der Waals surface area contributed by atoms with Gasteiger partial charge in [-0.25, -0.2) is 15.4 Å². The Morgan fingerprint density at radius 2 is 1.90 bits per heavy atom. The number of rotatable bonds is 6. The minimum atomic E-state index is -0.458. The van der Waals surface area contributed by atoms with Crippen LogP contribution in [0.5, 0.6) is 0 Å². The number of nitrogens with zero attached hydrogens (tertiary/aromatic N) is 4. The van der Waals surface area contributed by atoms with Crippen LogP contribution in [0.15, 0.2) is 6.33 Å². The van der Waals surface area contributed by atoms with Crippen molar-refractivity contribution in [1.82, 2.24) is 15.4 Å². The van der Waals surface area contributed by atoms with Gasteiger partial charge in [-0.1, -0.05) is 0 Å². The Hall–Kier alpha value is -1.96. The third-order valence-corrected chi connectivity index (χ3v) is 2.60. The van der Waals surface area contributed by atoms with Crippen LogP contribution in [0.4, 0.5) is 17.3 Å². The fraction of sp³-hybridized carbons (Fsp3) is 0.667. The van der Waals surface area contributed by atoms with E-state index in [1.54, 1.807) is 0 Å². The smallest absolute Gasteiger partial charge is 0.351 e. The van der Waals surface area contributed by atoms with Gasteiger partial charge in [0.1, 0.15) is 6.33 Å². The molecule has 0 amide bonds. The van der Waals surface area contributed by atoms with Crippen LogP contribution in [0.3, 0.4) is 0 Å². The van der Waals surface area contributed by atoms with Crippen molar-refractivity contribution in [3.05, 3.63) is 16.4 Å². The second kappa shape index (κ2) is 6.47. The van der Waals surface area contributed by atoms with Crippen LogP contribution in [-0.4, -0.2) is 33.5 Å². The summed E-state index contributed by atoms with van der Waals surface area (Å²) < 4.78 is 0. The topological polar surface area (TPSA) is 96.2 Å². The Kier molecular flexibility index (Phi) is 5.20. The lowest BCUT2D eigenvalue weighted by atomic mass is 10.1. The number of nitrogens with one attached hydrogen (secondary N) is 2. The third kappa shape index (κ3) is 4.02. The van der Waals surface area contributed by atoms with Crippen LogP contribution in [0.2, 0.25) is 0 Å². The molecule has 8 heteroatoms. The molecule has 2 N–H and O–H groups in total. The quantitative estimate of drug-likeness (QED) is 0.608. The highest BCUT2D eigenvalue weighted by molar-refractivity contribution is 5.69. The first kappa shape index (κ1) is 16.1. The summed E-state index contributed by atoms with van der Waals surface area (Å²) in [5.74, 6) is 0.495. The lowest BCUT2D eigenvalue weighted by Crippen LogP contribution is -2.40. The van der Waals surface area contributed by atoms with Crippen LogP contribution >= 0.6 is 0 Å². The Bertz CT molecular complexity index is 468. The minimum Gasteiger partial charge on any atom is -0.351 e. The van der Waals surface area contributed by atoms with E-state index in [0.29, 0.717) is 18.9 Å². The highest BCUT2D eigenvalue weighted by atomic mass is 16.6. The van der Waals surface area contributed by atoms with Crippen LogP contribution in [0.25, 0.3) is 0 Å². The van der Waals surface area contributed by atoms with Gasteiger partial charge in [-0.05, 0) is 34.6 Å². The van der Waals surface area contributed by atoms with E-state index in [2.05, 4.69) is 20.8 Å². The summed E-state index contributed by atoms with van der Waals surface area (Å²) in [5, 5.41) is 11.3.